The second-order valence-electron chi connectivity index (χ2n) is 7.72. The fourth-order valence-corrected chi connectivity index (χ4v) is 3.77. The van der Waals surface area contributed by atoms with E-state index in [9.17, 15) is 4.79 Å². The molecule has 2 aromatic heterocycles. The summed E-state index contributed by atoms with van der Waals surface area (Å²) in [6.45, 7) is 0.604. The highest BCUT2D eigenvalue weighted by molar-refractivity contribution is 6.01. The summed E-state index contributed by atoms with van der Waals surface area (Å²) < 4.78 is 2.05. The van der Waals surface area contributed by atoms with Crippen LogP contribution in [0.3, 0.4) is 0 Å². The Balaban J connectivity index is 1.22. The first-order chi connectivity index (χ1) is 15.6. The molecule has 2 heterocycles. The van der Waals surface area contributed by atoms with E-state index in [4.69, 9.17) is 0 Å². The van der Waals surface area contributed by atoms with E-state index in [2.05, 4.69) is 27.0 Å². The summed E-state index contributed by atoms with van der Waals surface area (Å²) in [4.78, 5) is 17.1. The Morgan fingerprint density at radius 2 is 1.69 bits per heavy atom. The van der Waals surface area contributed by atoms with Crippen molar-refractivity contribution in [3.8, 4) is 0 Å². The Kier molecular flexibility index (Phi) is 5.17. The first kappa shape index (κ1) is 19.6. The molecular formula is C26H23N5O. The molecule has 0 saturated heterocycles. The summed E-state index contributed by atoms with van der Waals surface area (Å²) in [5, 5.41) is 11.4. The predicted molar refractivity (Wildman–Crippen MR) is 131 cm³/mol. The standard InChI is InChI=1S/C26H23N5O/c1-31-14-13-20-16-22(10-11-24(20)31)29-26(32)28-21-7-4-5-18(15-21)17-27-25-12-9-19-6-2-3-8-23(19)30-25/h2-16H,17H2,1H3,(H,27,30)(H2,28,29,32). The lowest BCUT2D eigenvalue weighted by Crippen LogP contribution is -2.19. The van der Waals surface area contributed by atoms with Gasteiger partial charge in [0.05, 0.1) is 5.52 Å². The van der Waals surface area contributed by atoms with Crippen molar-refractivity contribution in [1.29, 1.82) is 0 Å². The highest BCUT2D eigenvalue weighted by atomic mass is 16.2. The molecule has 0 atom stereocenters. The van der Waals surface area contributed by atoms with Gasteiger partial charge in [0.15, 0.2) is 0 Å². The monoisotopic (exact) mass is 421 g/mol. The summed E-state index contributed by atoms with van der Waals surface area (Å²) in [5.41, 5.74) is 4.61. The third-order valence-electron chi connectivity index (χ3n) is 5.40. The van der Waals surface area contributed by atoms with Gasteiger partial charge in [0.1, 0.15) is 5.82 Å². The topological polar surface area (TPSA) is 71.0 Å². The average Bonchev–Trinajstić information content (AvgIpc) is 3.17. The van der Waals surface area contributed by atoms with Crippen molar-refractivity contribution in [2.45, 2.75) is 6.54 Å². The summed E-state index contributed by atoms with van der Waals surface area (Å²) in [6.07, 6.45) is 2.00. The van der Waals surface area contributed by atoms with Crippen LogP contribution >= 0.6 is 0 Å². The molecule has 2 amide bonds. The van der Waals surface area contributed by atoms with Crippen molar-refractivity contribution < 1.29 is 4.79 Å². The lowest BCUT2D eigenvalue weighted by molar-refractivity contribution is 0.262. The van der Waals surface area contributed by atoms with E-state index in [1.165, 1.54) is 0 Å². The number of urea groups is 1. The molecule has 6 heteroatoms. The van der Waals surface area contributed by atoms with Gasteiger partial charge >= 0.3 is 6.03 Å². The number of hydrogen-bond acceptors (Lipinski definition) is 3. The molecule has 0 aliphatic carbocycles. The fourth-order valence-electron chi connectivity index (χ4n) is 3.77. The van der Waals surface area contributed by atoms with E-state index >= 15 is 0 Å². The number of aryl methyl sites for hydroxylation is 1. The molecule has 158 valence electrons. The van der Waals surface area contributed by atoms with Crippen LogP contribution in [0.5, 0.6) is 0 Å². The zero-order valence-electron chi connectivity index (χ0n) is 17.7. The van der Waals surface area contributed by atoms with Gasteiger partial charge in [-0.3, -0.25) is 0 Å². The van der Waals surface area contributed by atoms with Crippen molar-refractivity contribution in [3.63, 3.8) is 0 Å². The first-order valence-electron chi connectivity index (χ1n) is 10.5. The fraction of sp³-hybridized carbons (Fsp3) is 0.0769. The van der Waals surface area contributed by atoms with Crippen molar-refractivity contribution in [3.05, 3.63) is 96.7 Å². The molecule has 0 radical (unpaired) electrons. The number of para-hydroxylation sites is 1. The number of anilines is 3. The maximum absolute atomic E-state index is 12.5. The van der Waals surface area contributed by atoms with Crippen LogP contribution < -0.4 is 16.0 Å². The van der Waals surface area contributed by atoms with Crippen LogP contribution in [0.4, 0.5) is 22.0 Å². The number of rotatable bonds is 5. The van der Waals surface area contributed by atoms with Crippen LogP contribution in [0.25, 0.3) is 21.8 Å². The van der Waals surface area contributed by atoms with Gasteiger partial charge in [0.25, 0.3) is 0 Å². The summed E-state index contributed by atoms with van der Waals surface area (Å²) in [5.74, 6) is 0.816. The number of amides is 2. The number of hydrogen-bond donors (Lipinski definition) is 3. The normalized spacial score (nSPS) is 10.9. The maximum atomic E-state index is 12.5. The lowest BCUT2D eigenvalue weighted by atomic mass is 10.2. The van der Waals surface area contributed by atoms with Crippen LogP contribution in [-0.4, -0.2) is 15.6 Å². The number of pyridine rings is 1. The minimum Gasteiger partial charge on any atom is -0.366 e. The molecule has 0 aliphatic rings. The molecule has 0 fully saturated rings. The van der Waals surface area contributed by atoms with Gasteiger partial charge in [-0.25, -0.2) is 9.78 Å². The number of fused-ring (bicyclic) bond motifs is 2. The molecule has 0 aliphatic heterocycles. The Bertz CT molecular complexity index is 1420. The molecule has 6 nitrogen and oxygen atoms in total. The Morgan fingerprint density at radius 1 is 0.844 bits per heavy atom. The minimum atomic E-state index is -0.276. The van der Waals surface area contributed by atoms with E-state index in [1.54, 1.807) is 0 Å². The highest BCUT2D eigenvalue weighted by Crippen LogP contribution is 2.20. The molecule has 3 aromatic carbocycles. The smallest absolute Gasteiger partial charge is 0.323 e. The van der Waals surface area contributed by atoms with E-state index in [-0.39, 0.29) is 6.03 Å². The maximum Gasteiger partial charge on any atom is 0.323 e. The van der Waals surface area contributed by atoms with Gasteiger partial charge < -0.3 is 20.5 Å². The number of nitrogens with zero attached hydrogens (tertiary/aromatic N) is 2. The minimum absolute atomic E-state index is 0.276. The molecule has 5 rings (SSSR count). The number of aromatic nitrogens is 2. The van der Waals surface area contributed by atoms with E-state index in [1.807, 2.05) is 96.7 Å². The molecule has 0 unspecified atom stereocenters. The van der Waals surface area contributed by atoms with Gasteiger partial charge in [0, 0.05) is 47.5 Å². The van der Waals surface area contributed by atoms with E-state index in [0.717, 1.165) is 44.6 Å². The van der Waals surface area contributed by atoms with Crippen molar-refractivity contribution >= 4 is 45.0 Å². The van der Waals surface area contributed by atoms with Gasteiger partial charge in [-0.15, -0.1) is 0 Å². The Morgan fingerprint density at radius 3 is 2.59 bits per heavy atom. The van der Waals surface area contributed by atoms with E-state index < -0.39 is 0 Å². The number of benzene rings is 3. The van der Waals surface area contributed by atoms with E-state index in [0.29, 0.717) is 6.54 Å². The Hall–Kier alpha value is -4.32. The van der Waals surface area contributed by atoms with Crippen LogP contribution in [-0.2, 0) is 13.6 Å². The second-order valence-corrected chi connectivity index (χ2v) is 7.72. The molecular weight excluding hydrogens is 398 g/mol. The third-order valence-corrected chi connectivity index (χ3v) is 5.40. The quantitative estimate of drug-likeness (QED) is 0.327. The third kappa shape index (κ3) is 4.25. The number of carbonyl (C=O) groups excluding carboxylic acids is 1. The van der Waals surface area contributed by atoms with Crippen molar-refractivity contribution in [2.75, 3.05) is 16.0 Å². The lowest BCUT2D eigenvalue weighted by Gasteiger charge is -2.11. The zero-order valence-corrected chi connectivity index (χ0v) is 17.7. The van der Waals surface area contributed by atoms with Crippen LogP contribution in [0.2, 0.25) is 0 Å². The van der Waals surface area contributed by atoms with Crippen LogP contribution in [0, 0.1) is 0 Å². The summed E-state index contributed by atoms with van der Waals surface area (Å²) >= 11 is 0. The Labute approximate surface area is 185 Å². The molecule has 32 heavy (non-hydrogen) atoms. The van der Waals surface area contributed by atoms with Gasteiger partial charge in [-0.1, -0.05) is 30.3 Å². The van der Waals surface area contributed by atoms with Crippen LogP contribution in [0.1, 0.15) is 5.56 Å². The average molecular weight is 422 g/mol. The van der Waals surface area contributed by atoms with Gasteiger partial charge in [-0.2, -0.15) is 0 Å². The molecule has 0 spiro atoms. The SMILES string of the molecule is Cn1ccc2cc(NC(=O)Nc3cccc(CNc4ccc5ccccc5n4)c3)ccc21. The molecule has 3 N–H and O–H groups in total. The molecule has 0 saturated carbocycles. The molecule has 5 aromatic rings. The first-order valence-corrected chi connectivity index (χ1v) is 10.5. The van der Waals surface area contributed by atoms with Crippen molar-refractivity contribution in [1.82, 2.24) is 9.55 Å². The highest BCUT2D eigenvalue weighted by Gasteiger charge is 2.06. The van der Waals surface area contributed by atoms with Crippen molar-refractivity contribution in [2.24, 2.45) is 7.05 Å². The zero-order chi connectivity index (χ0) is 21.9. The summed E-state index contributed by atoms with van der Waals surface area (Å²) in [6, 6.07) is 27.4. The largest absolute Gasteiger partial charge is 0.366 e. The van der Waals surface area contributed by atoms with Gasteiger partial charge in [0.2, 0.25) is 0 Å². The number of carbonyl (C=O) groups is 1. The summed E-state index contributed by atoms with van der Waals surface area (Å²) in [7, 11) is 2.00. The van der Waals surface area contributed by atoms with Crippen LogP contribution in [0.15, 0.2) is 91.1 Å². The number of nitrogens with one attached hydrogen (secondary N) is 3. The second kappa shape index (κ2) is 8.43. The molecule has 0 bridgehead atoms. The predicted octanol–water partition coefficient (Wildman–Crippen LogP) is 5.98. The van der Waals surface area contributed by atoms with Gasteiger partial charge in [-0.05, 0) is 60.2 Å².